The van der Waals surface area contributed by atoms with Crippen molar-refractivity contribution in [1.29, 1.82) is 0 Å². The molecule has 2 fully saturated rings. The van der Waals surface area contributed by atoms with Crippen LogP contribution in [-0.2, 0) is 29.7 Å². The quantitative estimate of drug-likeness (QED) is 0.541. The van der Waals surface area contributed by atoms with Crippen molar-refractivity contribution >= 4 is 34.2 Å². The summed E-state index contributed by atoms with van der Waals surface area (Å²) >= 11 is 1.65. The first-order valence-electron chi connectivity index (χ1n) is 11.9. The van der Waals surface area contributed by atoms with Gasteiger partial charge in [-0.05, 0) is 43.5 Å². The first-order valence-corrected chi connectivity index (χ1v) is 12.8. The average molecular weight is 481 g/mol. The minimum absolute atomic E-state index is 0.0591. The third-order valence-corrected chi connectivity index (χ3v) is 8.19. The number of aromatic nitrogens is 2. The SMILES string of the molecule is CN1[C@@H](CCC(=O)NCc2cccs2)CNC(=O)[C@@H]2[C@H]1CCN2Cc1nc2ccccc2n1C. The second kappa shape index (κ2) is 9.85. The molecule has 5 rings (SSSR count). The first kappa shape index (κ1) is 23.0. The average Bonchev–Trinajstić information content (AvgIpc) is 3.56. The number of hydrogen-bond donors (Lipinski definition) is 2. The lowest BCUT2D eigenvalue weighted by Crippen LogP contribution is -2.49. The summed E-state index contributed by atoms with van der Waals surface area (Å²) in [7, 11) is 4.14. The van der Waals surface area contributed by atoms with E-state index in [2.05, 4.69) is 38.1 Å². The molecule has 0 saturated carbocycles. The number of amides is 2. The van der Waals surface area contributed by atoms with Crippen LogP contribution in [0.25, 0.3) is 11.0 Å². The molecule has 180 valence electrons. The Kier molecular flexibility index (Phi) is 6.67. The van der Waals surface area contributed by atoms with Gasteiger partial charge in [-0.1, -0.05) is 18.2 Å². The van der Waals surface area contributed by atoms with E-state index in [4.69, 9.17) is 4.98 Å². The van der Waals surface area contributed by atoms with E-state index in [9.17, 15) is 9.59 Å². The van der Waals surface area contributed by atoms with E-state index >= 15 is 0 Å². The molecule has 3 atom stereocenters. The Bertz CT molecular complexity index is 1160. The van der Waals surface area contributed by atoms with Gasteiger partial charge in [0.2, 0.25) is 11.8 Å². The molecule has 34 heavy (non-hydrogen) atoms. The molecule has 2 aromatic heterocycles. The molecular weight excluding hydrogens is 448 g/mol. The maximum Gasteiger partial charge on any atom is 0.239 e. The van der Waals surface area contributed by atoms with Crippen LogP contribution in [0.2, 0.25) is 0 Å². The zero-order valence-corrected chi connectivity index (χ0v) is 20.6. The Labute approximate surface area is 203 Å². The molecule has 2 aliphatic heterocycles. The first-order chi connectivity index (χ1) is 16.5. The summed E-state index contributed by atoms with van der Waals surface area (Å²) in [4.78, 5) is 36.1. The predicted molar refractivity (Wildman–Crippen MR) is 133 cm³/mol. The molecule has 0 spiro atoms. The summed E-state index contributed by atoms with van der Waals surface area (Å²) in [6.45, 7) is 2.64. The highest BCUT2D eigenvalue weighted by atomic mass is 32.1. The van der Waals surface area contributed by atoms with Crippen molar-refractivity contribution in [2.75, 3.05) is 20.1 Å². The Morgan fingerprint density at radius 1 is 1.24 bits per heavy atom. The summed E-state index contributed by atoms with van der Waals surface area (Å²) in [6, 6.07) is 12.2. The van der Waals surface area contributed by atoms with Crippen LogP contribution in [0.5, 0.6) is 0 Å². The summed E-state index contributed by atoms with van der Waals surface area (Å²) < 4.78 is 2.12. The topological polar surface area (TPSA) is 82.5 Å². The fourth-order valence-electron chi connectivity index (χ4n) is 5.33. The van der Waals surface area contributed by atoms with Crippen LogP contribution in [0.1, 0.15) is 30.0 Å². The van der Waals surface area contributed by atoms with Crippen molar-refractivity contribution < 1.29 is 9.59 Å². The second-order valence-electron chi connectivity index (χ2n) is 9.31. The number of nitrogens with zero attached hydrogens (tertiary/aromatic N) is 4. The van der Waals surface area contributed by atoms with Gasteiger partial charge in [0, 0.05) is 43.5 Å². The summed E-state index contributed by atoms with van der Waals surface area (Å²) in [6.07, 6.45) is 2.11. The molecule has 4 heterocycles. The van der Waals surface area contributed by atoms with Crippen LogP contribution in [0.3, 0.4) is 0 Å². The summed E-state index contributed by atoms with van der Waals surface area (Å²) in [5.74, 6) is 1.11. The lowest BCUT2D eigenvalue weighted by atomic mass is 10.0. The Balaban J connectivity index is 1.22. The molecule has 8 nitrogen and oxygen atoms in total. The monoisotopic (exact) mass is 480 g/mol. The van der Waals surface area contributed by atoms with E-state index in [-0.39, 0.29) is 29.9 Å². The van der Waals surface area contributed by atoms with Gasteiger partial charge >= 0.3 is 0 Å². The van der Waals surface area contributed by atoms with Gasteiger partial charge in [0.05, 0.1) is 24.1 Å². The number of aryl methyl sites for hydroxylation is 1. The van der Waals surface area contributed by atoms with Crippen LogP contribution in [0.4, 0.5) is 0 Å². The molecule has 0 aliphatic carbocycles. The van der Waals surface area contributed by atoms with E-state index in [1.165, 1.54) is 0 Å². The lowest BCUT2D eigenvalue weighted by molar-refractivity contribution is -0.126. The van der Waals surface area contributed by atoms with Gasteiger partial charge in [0.15, 0.2) is 0 Å². The molecule has 2 aliphatic rings. The number of carbonyl (C=O) groups is 2. The van der Waals surface area contributed by atoms with E-state index in [0.29, 0.717) is 26.1 Å². The molecule has 0 radical (unpaired) electrons. The van der Waals surface area contributed by atoms with Crippen molar-refractivity contribution in [1.82, 2.24) is 30.0 Å². The predicted octanol–water partition coefficient (Wildman–Crippen LogP) is 2.10. The largest absolute Gasteiger partial charge is 0.353 e. The number of rotatable bonds is 7. The molecule has 2 amide bonds. The minimum atomic E-state index is -0.206. The number of imidazole rings is 1. The number of carbonyl (C=O) groups excluding carboxylic acids is 2. The standard InChI is InChI=1S/C25H32N6O2S/c1-29-17(9-10-23(32)26-15-18-6-5-13-34-18)14-27-25(33)24-21(29)11-12-31(24)16-22-28-19-7-3-4-8-20(19)30(22)2/h3-8,13,17,21,24H,9-12,14-16H2,1-2H3,(H,26,32)(H,27,33)/t17-,21+,24-/m0/s1. The molecule has 2 N–H and O–H groups in total. The molecule has 9 heteroatoms. The van der Waals surface area contributed by atoms with Crippen LogP contribution in [0.15, 0.2) is 41.8 Å². The zero-order chi connectivity index (χ0) is 23.7. The summed E-state index contributed by atoms with van der Waals surface area (Å²) in [5.41, 5.74) is 2.09. The highest BCUT2D eigenvalue weighted by Crippen LogP contribution is 2.29. The van der Waals surface area contributed by atoms with Gasteiger partial charge < -0.3 is 15.2 Å². The maximum absolute atomic E-state index is 13.1. The number of likely N-dealkylation sites (tertiary alicyclic amines) is 1. The van der Waals surface area contributed by atoms with E-state index in [0.717, 1.165) is 41.1 Å². The van der Waals surface area contributed by atoms with Crippen LogP contribution >= 0.6 is 11.3 Å². The number of likely N-dealkylation sites (N-methyl/N-ethyl adjacent to an activating group) is 1. The Morgan fingerprint density at radius 3 is 2.88 bits per heavy atom. The molecule has 2 saturated heterocycles. The van der Waals surface area contributed by atoms with Crippen molar-refractivity contribution in [3.05, 3.63) is 52.5 Å². The van der Waals surface area contributed by atoms with Gasteiger partial charge in [-0.2, -0.15) is 0 Å². The van der Waals surface area contributed by atoms with Gasteiger partial charge in [-0.15, -0.1) is 11.3 Å². The molecule has 0 bridgehead atoms. The fourth-order valence-corrected chi connectivity index (χ4v) is 5.97. The molecular formula is C25H32N6O2S. The third-order valence-electron chi connectivity index (χ3n) is 7.32. The van der Waals surface area contributed by atoms with E-state index in [1.54, 1.807) is 11.3 Å². The zero-order valence-electron chi connectivity index (χ0n) is 19.7. The number of thiophene rings is 1. The summed E-state index contributed by atoms with van der Waals surface area (Å²) in [5, 5.41) is 8.18. The molecule has 1 aromatic carbocycles. The fraction of sp³-hybridized carbons (Fsp3) is 0.480. The van der Waals surface area contributed by atoms with Gasteiger partial charge in [-0.3, -0.25) is 19.4 Å². The lowest BCUT2D eigenvalue weighted by Gasteiger charge is -2.33. The third kappa shape index (κ3) is 4.60. The van der Waals surface area contributed by atoms with Crippen molar-refractivity contribution in [3.63, 3.8) is 0 Å². The van der Waals surface area contributed by atoms with Crippen molar-refractivity contribution in [2.24, 2.45) is 7.05 Å². The van der Waals surface area contributed by atoms with E-state index < -0.39 is 0 Å². The van der Waals surface area contributed by atoms with Gasteiger partial charge in [-0.25, -0.2) is 4.98 Å². The van der Waals surface area contributed by atoms with Gasteiger partial charge in [0.25, 0.3) is 0 Å². The highest BCUT2D eigenvalue weighted by molar-refractivity contribution is 7.09. The van der Waals surface area contributed by atoms with Crippen LogP contribution in [-0.4, -0.2) is 69.4 Å². The number of hydrogen-bond acceptors (Lipinski definition) is 6. The number of para-hydroxylation sites is 2. The van der Waals surface area contributed by atoms with Crippen LogP contribution in [0, 0.1) is 0 Å². The smallest absolute Gasteiger partial charge is 0.239 e. The van der Waals surface area contributed by atoms with Gasteiger partial charge in [0.1, 0.15) is 11.9 Å². The second-order valence-corrected chi connectivity index (χ2v) is 10.3. The van der Waals surface area contributed by atoms with Crippen molar-refractivity contribution in [2.45, 2.75) is 50.5 Å². The van der Waals surface area contributed by atoms with Crippen molar-refractivity contribution in [3.8, 4) is 0 Å². The normalized spacial score (nSPS) is 23.6. The highest BCUT2D eigenvalue weighted by Gasteiger charge is 2.45. The Hall–Kier alpha value is -2.75. The van der Waals surface area contributed by atoms with Crippen LogP contribution < -0.4 is 10.6 Å². The molecule has 3 aromatic rings. The minimum Gasteiger partial charge on any atom is -0.353 e. The number of benzene rings is 1. The van der Waals surface area contributed by atoms with E-state index in [1.807, 2.05) is 42.8 Å². The maximum atomic E-state index is 13.1. The molecule has 0 unspecified atom stereocenters. The Morgan fingerprint density at radius 2 is 2.09 bits per heavy atom. The number of nitrogens with one attached hydrogen (secondary N) is 2. The number of fused-ring (bicyclic) bond motifs is 2.